The van der Waals surface area contributed by atoms with Crippen molar-refractivity contribution in [3.05, 3.63) is 29.3 Å². The molecule has 1 aromatic rings. The molecule has 4 saturated carbocycles. The fraction of sp³-hybridized carbons (Fsp3) is 0.632. The molecule has 4 bridgehead atoms. The van der Waals surface area contributed by atoms with Gasteiger partial charge in [0.2, 0.25) is 5.91 Å². The van der Waals surface area contributed by atoms with Gasteiger partial charge in [0.15, 0.2) is 0 Å². The summed E-state index contributed by atoms with van der Waals surface area (Å²) in [4.78, 5) is 12.9. The number of carbonyl (C=O) groups excluding carboxylic acids is 1. The maximum atomic E-state index is 13.0. The predicted octanol–water partition coefficient (Wildman–Crippen LogP) is 4.82. The van der Waals surface area contributed by atoms with E-state index in [9.17, 15) is 4.79 Å². The van der Waals surface area contributed by atoms with Crippen molar-refractivity contribution in [3.63, 3.8) is 0 Å². The van der Waals surface area contributed by atoms with Crippen molar-refractivity contribution < 1.29 is 4.79 Å². The highest BCUT2D eigenvalue weighted by Crippen LogP contribution is 2.64. The Morgan fingerprint density at radius 3 is 2.41 bits per heavy atom. The molecule has 4 aliphatic rings. The van der Waals surface area contributed by atoms with Crippen molar-refractivity contribution in [3.8, 4) is 0 Å². The molecule has 1 amide bonds. The van der Waals surface area contributed by atoms with Crippen molar-refractivity contribution in [2.24, 2.45) is 17.3 Å². The second kappa shape index (κ2) is 4.74. The summed E-state index contributed by atoms with van der Waals surface area (Å²) in [5.74, 6) is 1.52. The SMILES string of the molecule is Cc1ccc(NC(=O)C23CC4CC(CC(Cl)(C4)C2)C3)cc1C. The number of benzene rings is 1. The minimum Gasteiger partial charge on any atom is -0.326 e. The van der Waals surface area contributed by atoms with Crippen molar-refractivity contribution in [1.29, 1.82) is 0 Å². The first-order valence-electron chi connectivity index (χ1n) is 8.45. The summed E-state index contributed by atoms with van der Waals surface area (Å²) in [5, 5.41) is 3.19. The van der Waals surface area contributed by atoms with Crippen LogP contribution in [0.4, 0.5) is 5.69 Å². The normalized spacial score (nSPS) is 39.0. The molecule has 0 aromatic heterocycles. The number of carbonyl (C=O) groups is 1. The number of nitrogens with one attached hydrogen (secondary N) is 1. The van der Waals surface area contributed by atoms with E-state index in [2.05, 4.69) is 31.3 Å². The van der Waals surface area contributed by atoms with E-state index in [0.717, 1.165) is 37.8 Å². The maximum absolute atomic E-state index is 13.0. The second-order valence-electron chi connectivity index (χ2n) is 8.15. The molecule has 0 heterocycles. The first-order valence-corrected chi connectivity index (χ1v) is 8.83. The smallest absolute Gasteiger partial charge is 0.230 e. The molecule has 0 radical (unpaired) electrons. The molecule has 0 spiro atoms. The molecule has 0 saturated heterocycles. The Balaban J connectivity index is 1.58. The quantitative estimate of drug-likeness (QED) is 0.778. The lowest BCUT2D eigenvalue weighted by Gasteiger charge is -2.59. The molecule has 4 aliphatic carbocycles. The predicted molar refractivity (Wildman–Crippen MR) is 90.2 cm³/mol. The average Bonchev–Trinajstić information content (AvgIpc) is 2.40. The zero-order valence-corrected chi connectivity index (χ0v) is 14.2. The topological polar surface area (TPSA) is 29.1 Å². The van der Waals surface area contributed by atoms with Crippen LogP contribution in [-0.2, 0) is 4.79 Å². The van der Waals surface area contributed by atoms with Gasteiger partial charge in [0.1, 0.15) is 0 Å². The average molecular weight is 318 g/mol. The van der Waals surface area contributed by atoms with Crippen LogP contribution < -0.4 is 5.32 Å². The molecule has 0 aliphatic heterocycles. The lowest BCUT2D eigenvalue weighted by molar-refractivity contribution is -0.138. The van der Waals surface area contributed by atoms with Crippen LogP contribution in [0.1, 0.15) is 49.7 Å². The van der Waals surface area contributed by atoms with E-state index in [4.69, 9.17) is 11.6 Å². The van der Waals surface area contributed by atoms with Gasteiger partial charge in [0.05, 0.1) is 5.41 Å². The molecule has 2 nitrogen and oxygen atoms in total. The Hall–Kier alpha value is -1.02. The number of hydrogen-bond acceptors (Lipinski definition) is 1. The van der Waals surface area contributed by atoms with Crippen molar-refractivity contribution >= 4 is 23.2 Å². The van der Waals surface area contributed by atoms with Crippen LogP contribution in [0.3, 0.4) is 0 Å². The summed E-state index contributed by atoms with van der Waals surface area (Å²) in [6.45, 7) is 4.18. The Labute approximate surface area is 137 Å². The number of alkyl halides is 1. The minimum atomic E-state index is -0.218. The molecule has 4 fully saturated rings. The zero-order chi connectivity index (χ0) is 15.5. The molecule has 1 aromatic carbocycles. The van der Waals surface area contributed by atoms with Crippen LogP contribution in [0.2, 0.25) is 0 Å². The zero-order valence-electron chi connectivity index (χ0n) is 13.4. The number of aryl methyl sites for hydroxylation is 2. The molecule has 2 unspecified atom stereocenters. The van der Waals surface area contributed by atoms with E-state index >= 15 is 0 Å². The Kier molecular flexibility index (Phi) is 3.14. The lowest BCUT2D eigenvalue weighted by Crippen LogP contribution is -2.57. The van der Waals surface area contributed by atoms with E-state index in [0.29, 0.717) is 11.8 Å². The lowest BCUT2D eigenvalue weighted by atomic mass is 9.49. The van der Waals surface area contributed by atoms with Gasteiger partial charge < -0.3 is 5.32 Å². The van der Waals surface area contributed by atoms with Crippen LogP contribution in [0.25, 0.3) is 0 Å². The molecule has 5 rings (SSSR count). The highest BCUT2D eigenvalue weighted by molar-refractivity contribution is 6.24. The summed E-state index contributed by atoms with van der Waals surface area (Å²) in [6.07, 6.45) is 6.45. The van der Waals surface area contributed by atoms with E-state index in [1.807, 2.05) is 6.07 Å². The van der Waals surface area contributed by atoms with Gasteiger partial charge in [-0.2, -0.15) is 0 Å². The van der Waals surface area contributed by atoms with Gasteiger partial charge in [-0.25, -0.2) is 0 Å². The minimum absolute atomic E-state index is 0.107. The van der Waals surface area contributed by atoms with Crippen molar-refractivity contribution in [2.75, 3.05) is 5.32 Å². The molecule has 22 heavy (non-hydrogen) atoms. The van der Waals surface area contributed by atoms with Crippen molar-refractivity contribution in [1.82, 2.24) is 0 Å². The van der Waals surface area contributed by atoms with Crippen LogP contribution >= 0.6 is 11.6 Å². The van der Waals surface area contributed by atoms with Crippen LogP contribution in [0.5, 0.6) is 0 Å². The maximum Gasteiger partial charge on any atom is 0.230 e. The van der Waals surface area contributed by atoms with Crippen molar-refractivity contribution in [2.45, 2.75) is 57.2 Å². The molecule has 2 atom stereocenters. The van der Waals surface area contributed by atoms with E-state index in [1.165, 1.54) is 17.5 Å². The van der Waals surface area contributed by atoms with Crippen LogP contribution in [0.15, 0.2) is 18.2 Å². The van der Waals surface area contributed by atoms with Gasteiger partial charge in [-0.05, 0) is 87.5 Å². The molecular formula is C19H24ClNO. The fourth-order valence-corrected chi connectivity index (χ4v) is 6.19. The Morgan fingerprint density at radius 1 is 1.14 bits per heavy atom. The summed E-state index contributed by atoms with van der Waals surface area (Å²) in [5.41, 5.74) is 3.18. The standard InChI is InChI=1S/C19H24ClNO/c1-12-3-4-16(5-13(12)2)21-17(22)18-7-14-6-15(8-18)10-19(20,9-14)11-18/h3-5,14-15H,6-11H2,1-2H3,(H,21,22). The third kappa shape index (κ3) is 2.27. The highest BCUT2D eigenvalue weighted by Gasteiger charge is 2.60. The first kappa shape index (κ1) is 14.6. The van der Waals surface area contributed by atoms with E-state index in [-0.39, 0.29) is 16.2 Å². The van der Waals surface area contributed by atoms with Crippen LogP contribution in [-0.4, -0.2) is 10.8 Å². The third-order valence-corrected chi connectivity index (χ3v) is 6.68. The number of hydrogen-bond donors (Lipinski definition) is 1. The summed E-state index contributed by atoms with van der Waals surface area (Å²) < 4.78 is 0. The highest BCUT2D eigenvalue weighted by atomic mass is 35.5. The molecule has 1 N–H and O–H groups in total. The molecule has 118 valence electrons. The van der Waals surface area contributed by atoms with Crippen LogP contribution in [0, 0.1) is 31.1 Å². The summed E-state index contributed by atoms with van der Waals surface area (Å²) >= 11 is 6.83. The fourth-order valence-electron chi connectivity index (χ4n) is 5.50. The Morgan fingerprint density at radius 2 is 1.82 bits per heavy atom. The monoisotopic (exact) mass is 317 g/mol. The van der Waals surface area contributed by atoms with Gasteiger partial charge in [0.25, 0.3) is 0 Å². The third-order valence-electron chi connectivity index (χ3n) is 6.24. The van der Waals surface area contributed by atoms with E-state index < -0.39 is 0 Å². The largest absolute Gasteiger partial charge is 0.326 e. The molecular weight excluding hydrogens is 294 g/mol. The van der Waals surface area contributed by atoms with Gasteiger partial charge in [-0.15, -0.1) is 11.6 Å². The number of rotatable bonds is 2. The molecule has 3 heteroatoms. The van der Waals surface area contributed by atoms with Gasteiger partial charge in [0, 0.05) is 10.6 Å². The summed E-state index contributed by atoms with van der Waals surface area (Å²) in [6, 6.07) is 6.16. The van der Waals surface area contributed by atoms with Gasteiger partial charge in [-0.3, -0.25) is 4.79 Å². The number of amides is 1. The van der Waals surface area contributed by atoms with E-state index in [1.54, 1.807) is 0 Å². The van der Waals surface area contributed by atoms with Gasteiger partial charge >= 0.3 is 0 Å². The second-order valence-corrected chi connectivity index (χ2v) is 8.95. The summed E-state index contributed by atoms with van der Waals surface area (Å²) in [7, 11) is 0. The number of anilines is 1. The number of halogens is 1. The Bertz CT molecular complexity index is 624. The van der Waals surface area contributed by atoms with Gasteiger partial charge in [-0.1, -0.05) is 6.07 Å². The first-order chi connectivity index (χ1) is 10.4.